The van der Waals surface area contributed by atoms with E-state index >= 15 is 0 Å². The van der Waals surface area contributed by atoms with Gasteiger partial charge in [0.25, 0.3) is 0 Å². The second-order valence-electron chi connectivity index (χ2n) is 6.83. The van der Waals surface area contributed by atoms with Gasteiger partial charge in [0.15, 0.2) is 0 Å². The first-order valence-corrected chi connectivity index (χ1v) is 9.67. The van der Waals surface area contributed by atoms with E-state index in [-0.39, 0.29) is 11.8 Å². The van der Waals surface area contributed by atoms with Crippen molar-refractivity contribution in [2.24, 2.45) is 0 Å². The molecule has 134 valence electrons. The zero-order chi connectivity index (χ0) is 18.1. The van der Waals surface area contributed by atoms with E-state index in [1.807, 2.05) is 53.6 Å². The molecular weight excluding hydrogens is 367 g/mol. The Kier molecular flexibility index (Phi) is 4.92. The van der Waals surface area contributed by atoms with E-state index < -0.39 is 0 Å². The third-order valence-electron chi connectivity index (χ3n) is 5.14. The van der Waals surface area contributed by atoms with Gasteiger partial charge < -0.3 is 9.88 Å². The molecule has 2 aromatic carbocycles. The van der Waals surface area contributed by atoms with Crippen molar-refractivity contribution in [3.05, 3.63) is 69.8 Å². The van der Waals surface area contributed by atoms with E-state index in [1.54, 1.807) is 0 Å². The summed E-state index contributed by atoms with van der Waals surface area (Å²) in [7, 11) is 0. The number of likely N-dealkylation sites (tertiary alicyclic amines) is 1. The maximum absolute atomic E-state index is 12.9. The monoisotopic (exact) mass is 386 g/mol. The molecule has 1 atom stereocenters. The maximum atomic E-state index is 12.9. The Labute approximate surface area is 162 Å². The Morgan fingerprint density at radius 2 is 1.85 bits per heavy atom. The van der Waals surface area contributed by atoms with Gasteiger partial charge >= 0.3 is 0 Å². The summed E-state index contributed by atoms with van der Waals surface area (Å²) < 4.78 is 0. The number of halogens is 2. The summed E-state index contributed by atoms with van der Waals surface area (Å²) in [5.74, 6) is 0.137. The van der Waals surface area contributed by atoms with E-state index in [0.29, 0.717) is 16.5 Å². The van der Waals surface area contributed by atoms with Crippen LogP contribution in [0.4, 0.5) is 0 Å². The normalized spacial score (nSPS) is 15.5. The lowest BCUT2D eigenvalue weighted by Gasteiger charge is -2.21. The summed E-state index contributed by atoms with van der Waals surface area (Å²) in [4.78, 5) is 18.1. The predicted octanol–water partition coefficient (Wildman–Crippen LogP) is 5.62. The average molecular weight is 387 g/mol. The lowest BCUT2D eigenvalue weighted by Crippen LogP contribution is -2.29. The Balaban J connectivity index is 1.76. The van der Waals surface area contributed by atoms with Crippen LogP contribution in [0.2, 0.25) is 10.0 Å². The van der Waals surface area contributed by atoms with Gasteiger partial charge in [0.2, 0.25) is 5.91 Å². The maximum Gasteiger partial charge on any atom is 0.223 e. The summed E-state index contributed by atoms with van der Waals surface area (Å²) in [6, 6.07) is 13.6. The average Bonchev–Trinajstić information content (AvgIpc) is 3.29. The Morgan fingerprint density at radius 1 is 1.08 bits per heavy atom. The molecule has 1 aliphatic heterocycles. The fraction of sp³-hybridized carbons (Fsp3) is 0.286. The fourth-order valence-corrected chi connectivity index (χ4v) is 4.17. The highest BCUT2D eigenvalue weighted by Gasteiger charge is 2.26. The van der Waals surface area contributed by atoms with Crippen molar-refractivity contribution in [3.63, 3.8) is 0 Å². The SMILES string of the molecule is O=C(C[C@@H](c1cccc(Cl)c1)c1c[nH]c2ccc(Cl)cc12)N1CCCC1. The molecule has 3 aromatic rings. The standard InChI is InChI=1S/C21H20Cl2N2O/c22-15-5-3-4-14(10-15)17(12-21(26)25-8-1-2-9-25)19-13-24-20-7-6-16(23)11-18(19)20/h3-7,10-11,13,17,24H,1-2,8-9,12H2/t17-/m0/s1. The second-order valence-corrected chi connectivity index (χ2v) is 7.71. The Hall–Kier alpha value is -1.97. The Morgan fingerprint density at radius 3 is 2.62 bits per heavy atom. The van der Waals surface area contributed by atoms with Crippen LogP contribution in [0.3, 0.4) is 0 Å². The van der Waals surface area contributed by atoms with Crippen LogP contribution in [0, 0.1) is 0 Å². The van der Waals surface area contributed by atoms with Crippen LogP contribution in [-0.4, -0.2) is 28.9 Å². The number of carbonyl (C=O) groups excluding carboxylic acids is 1. The first kappa shape index (κ1) is 17.4. The van der Waals surface area contributed by atoms with Crippen LogP contribution < -0.4 is 0 Å². The van der Waals surface area contributed by atoms with Crippen LogP contribution in [0.25, 0.3) is 10.9 Å². The molecule has 1 amide bonds. The molecule has 1 fully saturated rings. The quantitative estimate of drug-likeness (QED) is 0.620. The number of hydrogen-bond donors (Lipinski definition) is 1. The zero-order valence-electron chi connectivity index (χ0n) is 14.3. The molecule has 0 radical (unpaired) electrons. The first-order valence-electron chi connectivity index (χ1n) is 8.91. The van der Waals surface area contributed by atoms with Crippen LogP contribution in [0.15, 0.2) is 48.7 Å². The fourth-order valence-electron chi connectivity index (χ4n) is 3.80. The number of H-pyrrole nitrogens is 1. The Bertz CT molecular complexity index is 944. The van der Waals surface area contributed by atoms with Gasteiger partial charge in [-0.15, -0.1) is 0 Å². The van der Waals surface area contributed by atoms with Crippen LogP contribution in [0.5, 0.6) is 0 Å². The van der Waals surface area contributed by atoms with E-state index in [9.17, 15) is 4.79 Å². The van der Waals surface area contributed by atoms with Gasteiger partial charge in [-0.1, -0.05) is 35.3 Å². The van der Waals surface area contributed by atoms with Crippen molar-refractivity contribution >= 4 is 40.0 Å². The van der Waals surface area contributed by atoms with Gasteiger partial charge in [0.1, 0.15) is 0 Å². The number of aromatic amines is 1. The molecule has 5 heteroatoms. The molecule has 3 nitrogen and oxygen atoms in total. The third-order valence-corrected chi connectivity index (χ3v) is 5.61. The molecular formula is C21H20Cl2N2O. The van der Waals surface area contributed by atoms with Crippen LogP contribution in [0.1, 0.15) is 36.3 Å². The highest BCUT2D eigenvalue weighted by Crippen LogP contribution is 2.36. The largest absolute Gasteiger partial charge is 0.361 e. The van der Waals surface area contributed by atoms with Gasteiger partial charge in [0, 0.05) is 52.6 Å². The summed E-state index contributed by atoms with van der Waals surface area (Å²) in [6.07, 6.45) is 4.61. The van der Waals surface area contributed by atoms with Gasteiger partial charge in [0.05, 0.1) is 0 Å². The van der Waals surface area contributed by atoms with E-state index in [2.05, 4.69) is 4.98 Å². The van der Waals surface area contributed by atoms with Crippen molar-refractivity contribution < 1.29 is 4.79 Å². The van der Waals surface area contributed by atoms with E-state index in [0.717, 1.165) is 48.0 Å². The number of benzene rings is 2. The minimum absolute atomic E-state index is 0.0611. The summed E-state index contributed by atoms with van der Waals surface area (Å²) in [6.45, 7) is 1.72. The molecule has 26 heavy (non-hydrogen) atoms. The smallest absolute Gasteiger partial charge is 0.223 e. The molecule has 1 N–H and O–H groups in total. The number of fused-ring (bicyclic) bond motifs is 1. The topological polar surface area (TPSA) is 36.1 Å². The molecule has 0 spiro atoms. The molecule has 1 saturated heterocycles. The number of hydrogen-bond acceptors (Lipinski definition) is 1. The summed E-state index contributed by atoms with van der Waals surface area (Å²) in [5, 5.41) is 2.42. The van der Waals surface area contributed by atoms with Crippen molar-refractivity contribution in [1.29, 1.82) is 0 Å². The van der Waals surface area contributed by atoms with Crippen molar-refractivity contribution in [2.75, 3.05) is 13.1 Å². The van der Waals surface area contributed by atoms with Crippen molar-refractivity contribution in [3.8, 4) is 0 Å². The van der Waals surface area contributed by atoms with Gasteiger partial charge in [-0.2, -0.15) is 0 Å². The van der Waals surface area contributed by atoms with Crippen LogP contribution in [-0.2, 0) is 4.79 Å². The van der Waals surface area contributed by atoms with Crippen molar-refractivity contribution in [1.82, 2.24) is 9.88 Å². The number of rotatable bonds is 4. The number of nitrogens with zero attached hydrogens (tertiary/aromatic N) is 1. The molecule has 2 heterocycles. The highest BCUT2D eigenvalue weighted by atomic mass is 35.5. The second kappa shape index (κ2) is 7.34. The highest BCUT2D eigenvalue weighted by molar-refractivity contribution is 6.31. The molecule has 1 aliphatic rings. The molecule has 0 unspecified atom stereocenters. The first-order chi connectivity index (χ1) is 12.6. The van der Waals surface area contributed by atoms with Crippen molar-refractivity contribution in [2.45, 2.75) is 25.2 Å². The third kappa shape index (κ3) is 3.46. The summed E-state index contributed by atoms with van der Waals surface area (Å²) in [5.41, 5.74) is 3.15. The van der Waals surface area contributed by atoms with E-state index in [1.165, 1.54) is 0 Å². The molecule has 0 bridgehead atoms. The predicted molar refractivity (Wildman–Crippen MR) is 107 cm³/mol. The molecule has 0 saturated carbocycles. The molecule has 4 rings (SSSR count). The number of carbonyl (C=O) groups is 1. The lowest BCUT2D eigenvalue weighted by atomic mass is 9.88. The number of aromatic nitrogens is 1. The number of amides is 1. The lowest BCUT2D eigenvalue weighted by molar-refractivity contribution is -0.130. The zero-order valence-corrected chi connectivity index (χ0v) is 15.9. The number of nitrogens with one attached hydrogen (secondary N) is 1. The van der Waals surface area contributed by atoms with Gasteiger partial charge in [-0.3, -0.25) is 4.79 Å². The molecule has 0 aliphatic carbocycles. The van der Waals surface area contributed by atoms with E-state index in [4.69, 9.17) is 23.2 Å². The summed E-state index contributed by atoms with van der Waals surface area (Å²) >= 11 is 12.5. The molecule has 1 aromatic heterocycles. The van der Waals surface area contributed by atoms with Gasteiger partial charge in [-0.05, 0) is 54.3 Å². The minimum Gasteiger partial charge on any atom is -0.361 e. The van der Waals surface area contributed by atoms with Gasteiger partial charge in [-0.25, -0.2) is 0 Å². The van der Waals surface area contributed by atoms with Crippen LogP contribution >= 0.6 is 23.2 Å². The minimum atomic E-state index is -0.0611.